The van der Waals surface area contributed by atoms with Gasteiger partial charge in [0.25, 0.3) is 0 Å². The molecule has 0 aromatic heterocycles. The average molecular weight is 444 g/mol. The van der Waals surface area contributed by atoms with Crippen LogP contribution in [0.5, 0.6) is 5.75 Å². The van der Waals surface area contributed by atoms with Crippen LogP contribution in [0, 0.1) is 6.92 Å². The molecule has 2 aromatic rings. The number of ether oxygens (including phenoxy) is 3. The highest BCUT2D eigenvalue weighted by Gasteiger charge is 2.50. The first kappa shape index (κ1) is 24.2. The fourth-order valence-corrected chi connectivity index (χ4v) is 4.14. The third kappa shape index (κ3) is 5.48. The summed E-state index contributed by atoms with van der Waals surface area (Å²) >= 11 is 0. The van der Waals surface area contributed by atoms with E-state index in [-0.39, 0.29) is 5.91 Å². The highest BCUT2D eigenvalue weighted by atomic mass is 16.7. The minimum atomic E-state index is -1.27. The van der Waals surface area contributed by atoms with Crippen molar-refractivity contribution >= 4 is 5.91 Å². The van der Waals surface area contributed by atoms with Crippen molar-refractivity contribution in [3.05, 3.63) is 53.6 Å². The van der Waals surface area contributed by atoms with Crippen LogP contribution in [0.1, 0.15) is 31.9 Å². The lowest BCUT2D eigenvalue weighted by molar-refractivity contribution is -0.305. The minimum Gasteiger partial charge on any atom is -0.462 e. The van der Waals surface area contributed by atoms with E-state index >= 15 is 0 Å². The first-order chi connectivity index (χ1) is 15.1. The molecule has 0 spiro atoms. The summed E-state index contributed by atoms with van der Waals surface area (Å²) in [6.07, 6.45) is -3.50. The van der Waals surface area contributed by atoms with Gasteiger partial charge in [-0.1, -0.05) is 35.9 Å². The van der Waals surface area contributed by atoms with Crippen LogP contribution in [-0.2, 0) is 20.7 Å². The minimum absolute atomic E-state index is 0.0685. The van der Waals surface area contributed by atoms with Crippen LogP contribution < -0.4 is 10.1 Å². The fourth-order valence-electron chi connectivity index (χ4n) is 4.14. The number of carbonyl (C=O) groups excluding carboxylic acids is 1. The maximum Gasteiger partial charge on any atom is 0.229 e. The van der Waals surface area contributed by atoms with E-state index in [9.17, 15) is 15.0 Å². The smallest absolute Gasteiger partial charge is 0.229 e. The Morgan fingerprint density at radius 1 is 1.16 bits per heavy atom. The Morgan fingerprint density at radius 3 is 2.56 bits per heavy atom. The van der Waals surface area contributed by atoms with Gasteiger partial charge in [0, 0.05) is 20.6 Å². The molecule has 4 atom stereocenters. The van der Waals surface area contributed by atoms with Crippen molar-refractivity contribution in [3.8, 4) is 16.9 Å². The molecule has 2 aromatic carbocycles. The molecule has 32 heavy (non-hydrogen) atoms. The predicted molar refractivity (Wildman–Crippen MR) is 121 cm³/mol. The molecule has 1 aliphatic heterocycles. The monoisotopic (exact) mass is 443 g/mol. The maximum atomic E-state index is 11.3. The molecule has 1 aliphatic rings. The predicted octanol–water partition coefficient (Wildman–Crippen LogP) is 2.59. The summed E-state index contributed by atoms with van der Waals surface area (Å²) in [4.78, 5) is 11.3. The lowest BCUT2D eigenvalue weighted by atomic mass is 9.89. The number of amides is 1. The number of aliphatic hydroxyl groups is 2. The Kier molecular flexibility index (Phi) is 7.56. The third-order valence-corrected chi connectivity index (χ3v) is 5.73. The van der Waals surface area contributed by atoms with Gasteiger partial charge < -0.3 is 29.7 Å². The zero-order chi connectivity index (χ0) is 23.5. The van der Waals surface area contributed by atoms with Crippen molar-refractivity contribution in [1.82, 2.24) is 5.32 Å². The van der Waals surface area contributed by atoms with Crippen LogP contribution >= 0.6 is 0 Å². The van der Waals surface area contributed by atoms with Crippen molar-refractivity contribution < 1.29 is 29.2 Å². The van der Waals surface area contributed by atoms with E-state index in [2.05, 4.69) is 11.4 Å². The molecule has 0 aliphatic carbocycles. The molecule has 3 N–H and O–H groups in total. The van der Waals surface area contributed by atoms with Crippen molar-refractivity contribution in [2.45, 2.75) is 64.3 Å². The number of benzene rings is 2. The highest BCUT2D eigenvalue weighted by molar-refractivity contribution is 5.73. The van der Waals surface area contributed by atoms with Crippen molar-refractivity contribution in [3.63, 3.8) is 0 Å². The number of methoxy groups -OCH3 is 1. The topological polar surface area (TPSA) is 97.3 Å². The van der Waals surface area contributed by atoms with Gasteiger partial charge in [-0.25, -0.2) is 0 Å². The standard InChI is InChI=1S/C25H33NO6/c1-15-7-6-8-18(13-15)20-14-19(10-9-17(20)11-12-26-16(2)27)31-24-22(29)21(28)23(30-5)25(3,4)32-24/h6-10,13-14,21-24,28-29H,11-12H2,1-5H3,(H,26,27)/t21-,22+,23+,24?/m0/s1. The zero-order valence-corrected chi connectivity index (χ0v) is 19.3. The van der Waals surface area contributed by atoms with E-state index in [4.69, 9.17) is 14.2 Å². The van der Waals surface area contributed by atoms with Crippen LogP contribution in [0.3, 0.4) is 0 Å². The molecule has 0 bridgehead atoms. The summed E-state index contributed by atoms with van der Waals surface area (Å²) in [5.41, 5.74) is 3.33. The molecule has 1 unspecified atom stereocenters. The molecular weight excluding hydrogens is 410 g/mol. The largest absolute Gasteiger partial charge is 0.462 e. The lowest BCUT2D eigenvalue weighted by Crippen LogP contribution is -2.63. The lowest BCUT2D eigenvalue weighted by Gasteiger charge is -2.46. The number of nitrogens with one attached hydrogen (secondary N) is 1. The average Bonchev–Trinajstić information content (AvgIpc) is 2.72. The van der Waals surface area contributed by atoms with E-state index in [0.717, 1.165) is 22.3 Å². The number of carbonyl (C=O) groups is 1. The Balaban J connectivity index is 1.89. The highest BCUT2D eigenvalue weighted by Crippen LogP contribution is 2.34. The third-order valence-electron chi connectivity index (χ3n) is 5.73. The zero-order valence-electron chi connectivity index (χ0n) is 19.3. The Hall–Kier alpha value is -2.45. The molecular formula is C25H33NO6. The number of aliphatic hydroxyl groups excluding tert-OH is 2. The number of aryl methyl sites for hydroxylation is 1. The van der Waals surface area contributed by atoms with E-state index in [1.54, 1.807) is 19.9 Å². The second-order valence-corrected chi connectivity index (χ2v) is 8.77. The van der Waals surface area contributed by atoms with Gasteiger partial charge in [-0.15, -0.1) is 0 Å². The first-order valence-corrected chi connectivity index (χ1v) is 10.8. The molecule has 1 saturated heterocycles. The summed E-state index contributed by atoms with van der Waals surface area (Å²) < 4.78 is 17.3. The summed E-state index contributed by atoms with van der Waals surface area (Å²) in [6.45, 7) is 7.63. The first-order valence-electron chi connectivity index (χ1n) is 10.8. The SMILES string of the molecule is CO[C@@H]1[C@@H](O)[C@@H](O)C(Oc2ccc(CCNC(C)=O)c(-c3cccc(C)c3)c2)OC1(C)C. The van der Waals surface area contributed by atoms with Crippen molar-refractivity contribution in [2.75, 3.05) is 13.7 Å². The van der Waals surface area contributed by atoms with E-state index < -0.39 is 30.2 Å². The van der Waals surface area contributed by atoms with E-state index in [1.165, 1.54) is 14.0 Å². The summed E-state index contributed by atoms with van der Waals surface area (Å²) in [7, 11) is 1.47. The molecule has 7 heteroatoms. The van der Waals surface area contributed by atoms with Crippen LogP contribution in [0.4, 0.5) is 0 Å². The second kappa shape index (κ2) is 10.0. The van der Waals surface area contributed by atoms with Gasteiger partial charge in [0.05, 0.1) is 5.60 Å². The summed E-state index contributed by atoms with van der Waals surface area (Å²) in [5, 5.41) is 23.9. The molecule has 1 amide bonds. The quantitative estimate of drug-likeness (QED) is 0.609. The van der Waals surface area contributed by atoms with Gasteiger partial charge in [0.2, 0.25) is 12.2 Å². The van der Waals surface area contributed by atoms with Crippen molar-refractivity contribution in [2.24, 2.45) is 0 Å². The molecule has 174 valence electrons. The fraction of sp³-hybridized carbons (Fsp3) is 0.480. The van der Waals surface area contributed by atoms with Gasteiger partial charge in [0.15, 0.2) is 0 Å². The second-order valence-electron chi connectivity index (χ2n) is 8.77. The van der Waals surface area contributed by atoms with Gasteiger partial charge in [-0.05, 0) is 56.0 Å². The molecule has 3 rings (SSSR count). The van der Waals surface area contributed by atoms with Crippen molar-refractivity contribution in [1.29, 1.82) is 0 Å². The summed E-state index contributed by atoms with van der Waals surface area (Å²) in [6, 6.07) is 13.8. The number of hydrogen-bond acceptors (Lipinski definition) is 6. The maximum absolute atomic E-state index is 11.3. The van der Waals surface area contributed by atoms with Crippen LogP contribution in [0.15, 0.2) is 42.5 Å². The Bertz CT molecular complexity index is 944. The number of rotatable bonds is 7. The van der Waals surface area contributed by atoms with Gasteiger partial charge in [0.1, 0.15) is 24.1 Å². The Morgan fingerprint density at radius 2 is 1.91 bits per heavy atom. The van der Waals surface area contributed by atoms with E-state index in [1.807, 2.05) is 37.3 Å². The van der Waals surface area contributed by atoms with E-state index in [0.29, 0.717) is 18.7 Å². The van der Waals surface area contributed by atoms with Gasteiger partial charge in [-0.2, -0.15) is 0 Å². The Labute approximate surface area is 189 Å². The number of hydrogen-bond donors (Lipinski definition) is 3. The van der Waals surface area contributed by atoms with Crippen LogP contribution in [-0.4, -0.2) is 60.0 Å². The molecule has 0 radical (unpaired) electrons. The molecule has 0 saturated carbocycles. The molecule has 7 nitrogen and oxygen atoms in total. The van der Waals surface area contributed by atoms with Gasteiger partial charge in [-0.3, -0.25) is 4.79 Å². The van der Waals surface area contributed by atoms with Gasteiger partial charge >= 0.3 is 0 Å². The summed E-state index contributed by atoms with van der Waals surface area (Å²) in [5.74, 6) is 0.439. The van der Waals surface area contributed by atoms with Crippen LogP contribution in [0.2, 0.25) is 0 Å². The molecule has 1 fully saturated rings. The normalized spacial score (nSPS) is 24.7. The van der Waals surface area contributed by atoms with Crippen LogP contribution in [0.25, 0.3) is 11.1 Å². The molecule has 1 heterocycles.